The average molecular weight is 350 g/mol. The first-order chi connectivity index (χ1) is 12.7. The number of aromatic amines is 1. The highest BCUT2D eigenvalue weighted by Gasteiger charge is 2.20. The number of rotatable bonds is 6. The molecule has 0 bridgehead atoms. The molecule has 7 nitrogen and oxygen atoms in total. The van der Waals surface area contributed by atoms with Crippen molar-refractivity contribution >= 4 is 34.9 Å². The Hall–Kier alpha value is -3.45. The van der Waals surface area contributed by atoms with E-state index in [1.165, 1.54) is 6.08 Å². The van der Waals surface area contributed by atoms with Crippen molar-refractivity contribution in [2.24, 2.45) is 0 Å². The van der Waals surface area contributed by atoms with Gasteiger partial charge in [0.1, 0.15) is 6.04 Å². The van der Waals surface area contributed by atoms with Crippen LogP contribution < -0.4 is 10.6 Å². The number of imidazole rings is 1. The molecule has 0 radical (unpaired) electrons. The van der Waals surface area contributed by atoms with Crippen LogP contribution in [0.4, 0.5) is 5.95 Å². The number of para-hydroxylation sites is 2. The molecule has 0 aliphatic carbocycles. The van der Waals surface area contributed by atoms with Crippen molar-refractivity contribution in [2.45, 2.75) is 6.04 Å². The summed E-state index contributed by atoms with van der Waals surface area (Å²) < 4.78 is 0. The molecule has 1 unspecified atom stereocenters. The van der Waals surface area contributed by atoms with Crippen molar-refractivity contribution in [3.8, 4) is 0 Å². The minimum atomic E-state index is -1.09. The maximum absolute atomic E-state index is 12.3. The number of amides is 2. The van der Waals surface area contributed by atoms with E-state index in [9.17, 15) is 14.7 Å². The van der Waals surface area contributed by atoms with Crippen molar-refractivity contribution in [1.82, 2.24) is 15.3 Å². The molecule has 0 saturated heterocycles. The highest BCUT2D eigenvalue weighted by molar-refractivity contribution is 6.00. The Balaban J connectivity index is 1.61. The molecule has 0 aliphatic heterocycles. The molecule has 7 heteroatoms. The fraction of sp³-hybridized carbons (Fsp3) is 0.105. The summed E-state index contributed by atoms with van der Waals surface area (Å²) in [6.07, 6.45) is 2.94. The van der Waals surface area contributed by atoms with Gasteiger partial charge in [-0.15, -0.1) is 0 Å². The number of aromatic nitrogens is 2. The minimum absolute atomic E-state index is 0.253. The lowest BCUT2D eigenvalue weighted by atomic mass is 10.2. The number of H-pyrrole nitrogens is 1. The standard InChI is InChI=1S/C19H18N4O3/c24-12-16(20-17(25)11-10-13-6-2-1-3-7-13)18(26)23-19-21-14-8-4-5-9-15(14)22-19/h1-11,16,24H,12H2,(H,20,25)(H2,21,22,23,26). The monoisotopic (exact) mass is 350 g/mol. The van der Waals surface area contributed by atoms with Crippen LogP contribution in [0.2, 0.25) is 0 Å². The molecule has 0 aliphatic rings. The lowest BCUT2D eigenvalue weighted by molar-refractivity contribution is -0.124. The summed E-state index contributed by atoms with van der Waals surface area (Å²) in [4.78, 5) is 31.4. The van der Waals surface area contributed by atoms with Crippen LogP contribution in [0.5, 0.6) is 0 Å². The summed E-state index contributed by atoms with van der Waals surface area (Å²) in [6.45, 7) is -0.531. The van der Waals surface area contributed by atoms with E-state index in [1.54, 1.807) is 12.1 Å². The molecule has 0 fully saturated rings. The van der Waals surface area contributed by atoms with Gasteiger partial charge in [0.15, 0.2) is 0 Å². The maximum Gasteiger partial charge on any atom is 0.251 e. The van der Waals surface area contributed by atoms with Crippen LogP contribution in [0.1, 0.15) is 5.56 Å². The Kier molecular flexibility index (Phi) is 5.40. The van der Waals surface area contributed by atoms with Gasteiger partial charge in [-0.3, -0.25) is 14.9 Å². The molecule has 2 aromatic carbocycles. The van der Waals surface area contributed by atoms with Gasteiger partial charge in [0, 0.05) is 6.08 Å². The second kappa shape index (κ2) is 8.09. The van der Waals surface area contributed by atoms with E-state index in [2.05, 4.69) is 20.6 Å². The van der Waals surface area contributed by atoms with Gasteiger partial charge in [-0.2, -0.15) is 0 Å². The van der Waals surface area contributed by atoms with E-state index in [0.717, 1.165) is 11.1 Å². The van der Waals surface area contributed by atoms with Gasteiger partial charge in [-0.1, -0.05) is 42.5 Å². The number of hydrogen-bond donors (Lipinski definition) is 4. The number of anilines is 1. The zero-order valence-corrected chi connectivity index (χ0v) is 13.8. The van der Waals surface area contributed by atoms with Crippen molar-refractivity contribution in [3.05, 3.63) is 66.2 Å². The van der Waals surface area contributed by atoms with E-state index in [4.69, 9.17) is 0 Å². The number of aliphatic hydroxyl groups is 1. The first-order valence-corrected chi connectivity index (χ1v) is 8.06. The molecule has 0 saturated carbocycles. The van der Waals surface area contributed by atoms with Gasteiger partial charge in [0.05, 0.1) is 17.6 Å². The number of hydrogen-bond acceptors (Lipinski definition) is 4. The number of nitrogens with zero attached hydrogens (tertiary/aromatic N) is 1. The first-order valence-electron chi connectivity index (χ1n) is 8.06. The van der Waals surface area contributed by atoms with Crippen LogP contribution in [0.25, 0.3) is 17.1 Å². The molecule has 1 heterocycles. The quantitative estimate of drug-likeness (QED) is 0.508. The van der Waals surface area contributed by atoms with E-state index in [-0.39, 0.29) is 5.95 Å². The van der Waals surface area contributed by atoms with Gasteiger partial charge in [-0.25, -0.2) is 4.98 Å². The second-order valence-corrected chi connectivity index (χ2v) is 5.58. The predicted octanol–water partition coefficient (Wildman–Crippen LogP) is 1.69. The molecular weight excluding hydrogens is 332 g/mol. The molecule has 0 spiro atoms. The van der Waals surface area contributed by atoms with Crippen LogP contribution in [0, 0.1) is 0 Å². The van der Waals surface area contributed by atoms with E-state index < -0.39 is 24.5 Å². The normalized spacial score (nSPS) is 12.2. The van der Waals surface area contributed by atoms with Crippen molar-refractivity contribution in [3.63, 3.8) is 0 Å². The van der Waals surface area contributed by atoms with Gasteiger partial charge < -0.3 is 15.4 Å². The number of benzene rings is 2. The Morgan fingerprint density at radius 3 is 2.58 bits per heavy atom. The third kappa shape index (κ3) is 4.34. The highest BCUT2D eigenvalue weighted by Crippen LogP contribution is 2.13. The lowest BCUT2D eigenvalue weighted by Crippen LogP contribution is -2.45. The molecule has 3 aromatic rings. The zero-order valence-electron chi connectivity index (χ0n) is 13.8. The van der Waals surface area contributed by atoms with Crippen LogP contribution >= 0.6 is 0 Å². The molecule has 2 amide bonds. The van der Waals surface area contributed by atoms with Crippen molar-refractivity contribution in [1.29, 1.82) is 0 Å². The number of carbonyl (C=O) groups excluding carboxylic acids is 2. The molecule has 1 aromatic heterocycles. The Labute approximate surface area is 149 Å². The summed E-state index contributed by atoms with van der Waals surface area (Å²) in [5.41, 5.74) is 2.34. The van der Waals surface area contributed by atoms with Gasteiger partial charge in [0.2, 0.25) is 11.9 Å². The largest absolute Gasteiger partial charge is 0.394 e. The fourth-order valence-corrected chi connectivity index (χ4v) is 2.37. The summed E-state index contributed by atoms with van der Waals surface area (Å²) in [5, 5.41) is 14.4. The number of carbonyl (C=O) groups is 2. The summed E-state index contributed by atoms with van der Waals surface area (Å²) in [6, 6.07) is 15.5. The Morgan fingerprint density at radius 1 is 1.12 bits per heavy atom. The minimum Gasteiger partial charge on any atom is -0.394 e. The molecular formula is C19H18N4O3. The van der Waals surface area contributed by atoms with Crippen molar-refractivity contribution < 1.29 is 14.7 Å². The van der Waals surface area contributed by atoms with Crippen LogP contribution in [0.3, 0.4) is 0 Å². The third-order valence-corrected chi connectivity index (χ3v) is 3.67. The number of fused-ring (bicyclic) bond motifs is 1. The predicted molar refractivity (Wildman–Crippen MR) is 99.2 cm³/mol. The zero-order chi connectivity index (χ0) is 18.4. The third-order valence-electron chi connectivity index (χ3n) is 3.67. The van der Waals surface area contributed by atoms with Crippen molar-refractivity contribution in [2.75, 3.05) is 11.9 Å². The molecule has 132 valence electrons. The smallest absolute Gasteiger partial charge is 0.251 e. The van der Waals surface area contributed by atoms with Gasteiger partial charge in [-0.05, 0) is 23.8 Å². The average Bonchev–Trinajstić information content (AvgIpc) is 3.07. The van der Waals surface area contributed by atoms with Crippen LogP contribution in [0.15, 0.2) is 60.7 Å². The summed E-state index contributed by atoms with van der Waals surface area (Å²) in [5.74, 6) is -0.788. The van der Waals surface area contributed by atoms with E-state index in [0.29, 0.717) is 5.52 Å². The van der Waals surface area contributed by atoms with E-state index in [1.807, 2.05) is 48.5 Å². The highest BCUT2D eigenvalue weighted by atomic mass is 16.3. The van der Waals surface area contributed by atoms with Crippen LogP contribution in [-0.4, -0.2) is 39.5 Å². The second-order valence-electron chi connectivity index (χ2n) is 5.58. The summed E-state index contributed by atoms with van der Waals surface area (Å²) in [7, 11) is 0. The molecule has 3 rings (SSSR count). The number of aliphatic hydroxyl groups excluding tert-OH is 1. The summed E-state index contributed by atoms with van der Waals surface area (Å²) >= 11 is 0. The maximum atomic E-state index is 12.3. The first kappa shape index (κ1) is 17.4. The fourth-order valence-electron chi connectivity index (χ4n) is 2.37. The lowest BCUT2D eigenvalue weighted by Gasteiger charge is -2.13. The molecule has 26 heavy (non-hydrogen) atoms. The Bertz CT molecular complexity index is 901. The Morgan fingerprint density at radius 2 is 1.85 bits per heavy atom. The SMILES string of the molecule is O=C(C=Cc1ccccc1)NC(CO)C(=O)Nc1nc2ccccc2[nH]1. The van der Waals surface area contributed by atoms with E-state index >= 15 is 0 Å². The molecule has 1 atom stereocenters. The molecule has 4 N–H and O–H groups in total. The van der Waals surface area contributed by atoms with Gasteiger partial charge in [0.25, 0.3) is 5.91 Å². The topological polar surface area (TPSA) is 107 Å². The number of nitrogens with one attached hydrogen (secondary N) is 3. The van der Waals surface area contributed by atoms with Gasteiger partial charge >= 0.3 is 0 Å². The van der Waals surface area contributed by atoms with Crippen LogP contribution in [-0.2, 0) is 9.59 Å².